The molecule has 1 N–H and O–H groups in total. The number of carbonyl (C=O) groups is 1. The minimum Gasteiger partial charge on any atom is -0.393 e. The van der Waals surface area contributed by atoms with Crippen LogP contribution in [0.15, 0.2) is 0 Å². The zero-order valence-corrected chi connectivity index (χ0v) is 18.8. The van der Waals surface area contributed by atoms with Crippen LogP contribution in [0.4, 0.5) is 0 Å². The Morgan fingerprint density at radius 2 is 0.963 bits per heavy atom. The molecule has 0 fully saturated rings. The third-order valence-electron chi connectivity index (χ3n) is 5.66. The predicted octanol–water partition coefficient (Wildman–Crippen LogP) is 8.15. The number of rotatable bonds is 22. The molecule has 0 aliphatic carbocycles. The highest BCUT2D eigenvalue weighted by Gasteiger charge is 2.10. The van der Waals surface area contributed by atoms with Crippen molar-refractivity contribution in [3.8, 4) is 0 Å². The van der Waals surface area contributed by atoms with Crippen LogP contribution in [0.5, 0.6) is 0 Å². The Balaban J connectivity index is 3.20. The van der Waals surface area contributed by atoms with Crippen LogP contribution < -0.4 is 0 Å². The molecule has 0 amide bonds. The lowest BCUT2D eigenvalue weighted by Crippen LogP contribution is -2.13. The first-order valence-electron chi connectivity index (χ1n) is 12.4. The van der Waals surface area contributed by atoms with Gasteiger partial charge in [-0.2, -0.15) is 0 Å². The average Bonchev–Trinajstić information content (AvgIpc) is 2.65. The van der Waals surface area contributed by atoms with Crippen LogP contribution in [-0.2, 0) is 4.79 Å². The molecular formula is C25H50O2. The molecule has 0 radical (unpaired) electrons. The van der Waals surface area contributed by atoms with Gasteiger partial charge in [-0.25, -0.2) is 0 Å². The number of aliphatic hydroxyl groups excluding tert-OH is 1. The Morgan fingerprint density at radius 1 is 0.593 bits per heavy atom. The topological polar surface area (TPSA) is 37.3 Å². The second kappa shape index (κ2) is 21.9. The Labute approximate surface area is 170 Å². The molecule has 0 saturated carbocycles. The molecule has 0 rings (SSSR count). The summed E-state index contributed by atoms with van der Waals surface area (Å²) in [6.45, 7) is 4.44. The number of unbranched alkanes of at least 4 members (excludes halogenated alkanes) is 16. The first-order valence-corrected chi connectivity index (χ1v) is 12.4. The summed E-state index contributed by atoms with van der Waals surface area (Å²) in [6, 6.07) is 0. The van der Waals surface area contributed by atoms with Crippen molar-refractivity contribution in [3.63, 3.8) is 0 Å². The highest BCUT2D eigenvalue weighted by molar-refractivity contribution is 5.78. The maximum Gasteiger partial charge on any atom is 0.135 e. The van der Waals surface area contributed by atoms with Crippen LogP contribution in [-0.4, -0.2) is 17.0 Å². The van der Waals surface area contributed by atoms with Crippen LogP contribution in [0, 0.1) is 0 Å². The number of aliphatic hydroxyl groups is 1. The second-order valence-corrected chi connectivity index (χ2v) is 8.59. The highest BCUT2D eigenvalue weighted by atomic mass is 16.3. The van der Waals surface area contributed by atoms with E-state index in [9.17, 15) is 9.90 Å². The Morgan fingerprint density at radius 3 is 1.41 bits per heavy atom. The summed E-state index contributed by atoms with van der Waals surface area (Å²) in [5, 5.41) is 9.85. The van der Waals surface area contributed by atoms with E-state index in [2.05, 4.69) is 13.8 Å². The average molecular weight is 383 g/mol. The van der Waals surface area contributed by atoms with Gasteiger partial charge in [0.25, 0.3) is 0 Å². The summed E-state index contributed by atoms with van der Waals surface area (Å²) >= 11 is 0. The smallest absolute Gasteiger partial charge is 0.135 e. The van der Waals surface area contributed by atoms with Crippen molar-refractivity contribution in [2.24, 2.45) is 0 Å². The quantitative estimate of drug-likeness (QED) is 0.192. The van der Waals surface area contributed by atoms with Crippen molar-refractivity contribution in [1.82, 2.24) is 0 Å². The summed E-state index contributed by atoms with van der Waals surface area (Å²) in [6.07, 6.45) is 25.1. The van der Waals surface area contributed by atoms with Crippen molar-refractivity contribution >= 4 is 5.78 Å². The fourth-order valence-electron chi connectivity index (χ4n) is 3.79. The van der Waals surface area contributed by atoms with E-state index in [1.807, 2.05) is 0 Å². The first kappa shape index (κ1) is 26.6. The molecule has 0 aromatic rings. The summed E-state index contributed by atoms with van der Waals surface area (Å²) in [4.78, 5) is 11.9. The van der Waals surface area contributed by atoms with Gasteiger partial charge < -0.3 is 5.11 Å². The van der Waals surface area contributed by atoms with Gasteiger partial charge in [0, 0.05) is 12.8 Å². The molecule has 2 heteroatoms. The number of hydrogen-bond acceptors (Lipinski definition) is 2. The maximum absolute atomic E-state index is 11.9. The fourth-order valence-corrected chi connectivity index (χ4v) is 3.79. The van der Waals surface area contributed by atoms with Crippen LogP contribution in [0.25, 0.3) is 0 Å². The molecular weight excluding hydrogens is 332 g/mol. The van der Waals surface area contributed by atoms with Gasteiger partial charge in [-0.15, -0.1) is 0 Å². The zero-order valence-electron chi connectivity index (χ0n) is 18.8. The van der Waals surface area contributed by atoms with E-state index < -0.39 is 6.10 Å². The lowest BCUT2D eigenvalue weighted by Gasteiger charge is -2.09. The second-order valence-electron chi connectivity index (χ2n) is 8.59. The van der Waals surface area contributed by atoms with Gasteiger partial charge in [-0.1, -0.05) is 123 Å². The fraction of sp³-hybridized carbons (Fsp3) is 0.960. The molecule has 0 heterocycles. The Hall–Kier alpha value is -0.370. The summed E-state index contributed by atoms with van der Waals surface area (Å²) in [7, 11) is 0. The third-order valence-corrected chi connectivity index (χ3v) is 5.66. The van der Waals surface area contributed by atoms with Crippen LogP contribution >= 0.6 is 0 Å². The van der Waals surface area contributed by atoms with Crippen molar-refractivity contribution in [3.05, 3.63) is 0 Å². The van der Waals surface area contributed by atoms with Gasteiger partial charge in [0.2, 0.25) is 0 Å². The summed E-state index contributed by atoms with van der Waals surface area (Å²) in [5.74, 6) is 0.258. The van der Waals surface area contributed by atoms with E-state index in [0.717, 1.165) is 25.7 Å². The highest BCUT2D eigenvalue weighted by Crippen LogP contribution is 2.14. The molecule has 0 saturated heterocycles. The lowest BCUT2D eigenvalue weighted by atomic mass is 10.0. The molecule has 0 aliphatic rings. The Bertz CT molecular complexity index is 301. The molecule has 1 unspecified atom stereocenters. The van der Waals surface area contributed by atoms with Gasteiger partial charge in [0.15, 0.2) is 0 Å². The SMILES string of the molecule is CCCCCCCCCCCCCCCCCC(=O)CC(O)CCCCC. The van der Waals surface area contributed by atoms with E-state index >= 15 is 0 Å². The minimum atomic E-state index is -0.402. The van der Waals surface area contributed by atoms with Crippen LogP contribution in [0.2, 0.25) is 0 Å². The Kier molecular flexibility index (Phi) is 21.6. The molecule has 162 valence electrons. The standard InChI is InChI=1S/C25H50O2/c1-3-5-7-8-9-10-11-12-13-14-15-16-17-18-20-22-25(27)23-24(26)21-19-6-4-2/h24,26H,3-23H2,1-2H3. The van der Waals surface area contributed by atoms with E-state index in [4.69, 9.17) is 0 Å². The lowest BCUT2D eigenvalue weighted by molar-refractivity contribution is -0.121. The number of carbonyl (C=O) groups excluding carboxylic acids is 1. The first-order chi connectivity index (χ1) is 13.2. The van der Waals surface area contributed by atoms with Crippen LogP contribution in [0.1, 0.15) is 149 Å². The molecule has 27 heavy (non-hydrogen) atoms. The summed E-state index contributed by atoms with van der Waals surface area (Å²) < 4.78 is 0. The zero-order chi connectivity index (χ0) is 20.0. The molecule has 1 atom stereocenters. The molecule has 0 aromatic carbocycles. The molecule has 0 aromatic heterocycles. The van der Waals surface area contributed by atoms with Gasteiger partial charge in [0.1, 0.15) is 5.78 Å². The van der Waals surface area contributed by atoms with E-state index in [1.54, 1.807) is 0 Å². The van der Waals surface area contributed by atoms with E-state index in [1.165, 1.54) is 96.3 Å². The monoisotopic (exact) mass is 382 g/mol. The van der Waals surface area contributed by atoms with Gasteiger partial charge in [-0.3, -0.25) is 4.79 Å². The number of ketones is 1. The van der Waals surface area contributed by atoms with E-state index in [0.29, 0.717) is 12.8 Å². The minimum absolute atomic E-state index is 0.258. The molecule has 0 spiro atoms. The van der Waals surface area contributed by atoms with Gasteiger partial charge in [-0.05, 0) is 12.8 Å². The van der Waals surface area contributed by atoms with E-state index in [-0.39, 0.29) is 5.78 Å². The van der Waals surface area contributed by atoms with Crippen molar-refractivity contribution in [1.29, 1.82) is 0 Å². The van der Waals surface area contributed by atoms with Crippen molar-refractivity contribution < 1.29 is 9.90 Å². The normalized spacial score (nSPS) is 12.4. The molecule has 0 aliphatic heterocycles. The third kappa shape index (κ3) is 21.8. The van der Waals surface area contributed by atoms with Crippen molar-refractivity contribution in [2.75, 3.05) is 0 Å². The van der Waals surface area contributed by atoms with Gasteiger partial charge >= 0.3 is 0 Å². The maximum atomic E-state index is 11.9. The molecule has 0 bridgehead atoms. The largest absolute Gasteiger partial charge is 0.393 e. The molecule has 2 nitrogen and oxygen atoms in total. The summed E-state index contributed by atoms with van der Waals surface area (Å²) in [5.41, 5.74) is 0. The number of Topliss-reactive ketones (excluding diaryl/α,β-unsaturated/α-hetero) is 1. The van der Waals surface area contributed by atoms with Crippen molar-refractivity contribution in [2.45, 2.75) is 155 Å². The van der Waals surface area contributed by atoms with Crippen LogP contribution in [0.3, 0.4) is 0 Å². The van der Waals surface area contributed by atoms with Gasteiger partial charge in [0.05, 0.1) is 6.10 Å². The predicted molar refractivity (Wildman–Crippen MR) is 119 cm³/mol. The number of hydrogen-bond donors (Lipinski definition) is 1.